The first-order valence-electron chi connectivity index (χ1n) is 9.42. The Kier molecular flexibility index (Phi) is 5.76. The summed E-state index contributed by atoms with van der Waals surface area (Å²) in [6, 6.07) is 12.0. The largest absolute Gasteiger partial charge is 0.307 e. The molecule has 0 aromatic carbocycles. The third kappa shape index (κ3) is 4.33. The number of hydrogen-bond donors (Lipinski definition) is 0. The van der Waals surface area contributed by atoms with Gasteiger partial charge in [0, 0.05) is 18.6 Å². The maximum absolute atomic E-state index is 4.28. The van der Waals surface area contributed by atoms with E-state index in [-0.39, 0.29) is 0 Å². The van der Waals surface area contributed by atoms with Crippen LogP contribution < -0.4 is 0 Å². The van der Waals surface area contributed by atoms with E-state index in [4.69, 9.17) is 0 Å². The summed E-state index contributed by atoms with van der Waals surface area (Å²) in [7, 11) is 0. The summed E-state index contributed by atoms with van der Waals surface area (Å²) >= 11 is 1.54. The molecule has 0 fully saturated rings. The smallest absolute Gasteiger partial charge is 0.146 e. The number of thiazole rings is 1. The Bertz CT molecular complexity index is 1350. The van der Waals surface area contributed by atoms with Crippen LogP contribution in [-0.4, -0.2) is 34.0 Å². The summed E-state index contributed by atoms with van der Waals surface area (Å²) < 4.78 is 3.88. The van der Waals surface area contributed by atoms with Gasteiger partial charge in [0.2, 0.25) is 0 Å². The van der Waals surface area contributed by atoms with Crippen molar-refractivity contribution in [3.05, 3.63) is 90.0 Å². The maximum Gasteiger partial charge on any atom is 0.146 e. The molecule has 0 aliphatic carbocycles. The lowest BCUT2D eigenvalue weighted by molar-refractivity contribution is 0.961. The number of aryl methyl sites for hydroxylation is 3. The van der Waals surface area contributed by atoms with Crippen molar-refractivity contribution in [3.8, 4) is 0 Å². The minimum Gasteiger partial charge on any atom is -0.307 e. The Morgan fingerprint density at radius 3 is 2.53 bits per heavy atom. The Balaban J connectivity index is 0.000000109. The molecule has 0 saturated heterocycles. The minimum atomic E-state index is 0.924. The molecule has 0 saturated carbocycles. The van der Waals surface area contributed by atoms with Gasteiger partial charge in [0.15, 0.2) is 0 Å². The van der Waals surface area contributed by atoms with Gasteiger partial charge >= 0.3 is 0 Å². The van der Waals surface area contributed by atoms with Crippen LogP contribution in [0.15, 0.2) is 73.0 Å². The van der Waals surface area contributed by atoms with E-state index in [0.717, 1.165) is 27.4 Å². The van der Waals surface area contributed by atoms with Crippen LogP contribution >= 0.6 is 11.3 Å². The van der Waals surface area contributed by atoms with Crippen LogP contribution in [0.4, 0.5) is 0 Å². The molecule has 6 aromatic rings. The van der Waals surface area contributed by atoms with Crippen molar-refractivity contribution in [2.45, 2.75) is 20.8 Å². The molecular formula is C22H21N7S. The van der Waals surface area contributed by atoms with Crippen molar-refractivity contribution in [1.29, 1.82) is 0 Å². The number of imidazole rings is 1. The van der Waals surface area contributed by atoms with Crippen LogP contribution in [0.2, 0.25) is 0 Å². The summed E-state index contributed by atoms with van der Waals surface area (Å²) in [5, 5.41) is 4.13. The van der Waals surface area contributed by atoms with Crippen LogP contribution in [0.5, 0.6) is 0 Å². The van der Waals surface area contributed by atoms with Crippen molar-refractivity contribution < 1.29 is 0 Å². The van der Waals surface area contributed by atoms with Gasteiger partial charge in [-0.05, 0) is 50.6 Å². The number of rotatable bonds is 0. The highest BCUT2D eigenvalue weighted by Gasteiger charge is 1.99. The molecular weight excluding hydrogens is 394 g/mol. The third-order valence-corrected chi connectivity index (χ3v) is 5.15. The first-order valence-corrected chi connectivity index (χ1v) is 10.3. The third-order valence-electron chi connectivity index (χ3n) is 4.42. The van der Waals surface area contributed by atoms with Gasteiger partial charge in [0.05, 0.1) is 28.6 Å². The molecule has 0 bridgehead atoms. The van der Waals surface area contributed by atoms with Gasteiger partial charge in [-0.15, -0.1) is 11.3 Å². The Morgan fingerprint density at radius 2 is 1.73 bits per heavy atom. The predicted molar refractivity (Wildman–Crippen MR) is 120 cm³/mol. The number of pyridine rings is 2. The number of nitrogens with zero attached hydrogens (tertiary/aromatic N) is 7. The van der Waals surface area contributed by atoms with Gasteiger partial charge in [-0.1, -0.05) is 12.1 Å². The van der Waals surface area contributed by atoms with E-state index >= 15 is 0 Å². The Labute approximate surface area is 177 Å². The molecule has 0 aliphatic rings. The fourth-order valence-electron chi connectivity index (χ4n) is 2.93. The van der Waals surface area contributed by atoms with Crippen molar-refractivity contribution in [2.24, 2.45) is 0 Å². The zero-order valence-electron chi connectivity index (χ0n) is 17.0. The second-order valence-corrected chi connectivity index (χ2v) is 7.50. The van der Waals surface area contributed by atoms with E-state index < -0.39 is 0 Å². The lowest BCUT2D eigenvalue weighted by atomic mass is 10.3. The predicted octanol–water partition coefficient (Wildman–Crippen LogP) is 4.68. The average Bonchev–Trinajstić information content (AvgIpc) is 3.48. The summed E-state index contributed by atoms with van der Waals surface area (Å²) in [5.74, 6) is 0. The van der Waals surface area contributed by atoms with Crippen molar-refractivity contribution in [1.82, 2.24) is 34.0 Å². The number of aromatic nitrogens is 7. The van der Waals surface area contributed by atoms with Crippen molar-refractivity contribution in [2.75, 3.05) is 0 Å². The molecule has 0 amide bonds. The zero-order valence-corrected chi connectivity index (χ0v) is 17.8. The molecule has 0 aliphatic heterocycles. The van der Waals surface area contributed by atoms with E-state index in [1.807, 2.05) is 77.9 Å². The van der Waals surface area contributed by atoms with E-state index in [2.05, 4.69) is 38.0 Å². The van der Waals surface area contributed by atoms with E-state index in [9.17, 15) is 0 Å². The monoisotopic (exact) mass is 415 g/mol. The summed E-state index contributed by atoms with van der Waals surface area (Å²) in [6.45, 7) is 5.99. The summed E-state index contributed by atoms with van der Waals surface area (Å²) in [6.07, 6.45) is 9.39. The number of hydrogen-bond acceptors (Lipinski definition) is 6. The van der Waals surface area contributed by atoms with Gasteiger partial charge in [0.25, 0.3) is 0 Å². The molecule has 7 nitrogen and oxygen atoms in total. The zero-order chi connectivity index (χ0) is 20.9. The molecule has 0 unspecified atom stereocenters. The minimum absolute atomic E-state index is 0.924. The van der Waals surface area contributed by atoms with Gasteiger partial charge in [0.1, 0.15) is 22.3 Å². The molecule has 0 radical (unpaired) electrons. The van der Waals surface area contributed by atoms with Crippen LogP contribution in [-0.2, 0) is 0 Å². The Morgan fingerprint density at radius 1 is 0.900 bits per heavy atom. The Hall–Kier alpha value is -3.65. The van der Waals surface area contributed by atoms with E-state index in [1.165, 1.54) is 22.4 Å². The summed E-state index contributed by atoms with van der Waals surface area (Å²) in [5.41, 5.74) is 8.14. The molecule has 0 N–H and O–H groups in total. The number of fused-ring (bicyclic) bond motifs is 3. The topological polar surface area (TPSA) is 73.3 Å². The normalized spacial score (nSPS) is 10.5. The highest BCUT2D eigenvalue weighted by Crippen LogP contribution is 2.15. The molecule has 6 rings (SSSR count). The molecule has 6 aromatic heterocycles. The lowest BCUT2D eigenvalue weighted by Gasteiger charge is -1.89. The van der Waals surface area contributed by atoms with Crippen LogP contribution in [0.1, 0.15) is 17.0 Å². The van der Waals surface area contributed by atoms with Crippen LogP contribution in [0.3, 0.4) is 0 Å². The van der Waals surface area contributed by atoms with Gasteiger partial charge in [-0.2, -0.15) is 5.10 Å². The highest BCUT2D eigenvalue weighted by atomic mass is 32.1. The molecule has 30 heavy (non-hydrogen) atoms. The molecule has 150 valence electrons. The lowest BCUT2D eigenvalue weighted by Crippen LogP contribution is -1.83. The molecule has 0 spiro atoms. The van der Waals surface area contributed by atoms with E-state index in [0.29, 0.717) is 0 Å². The van der Waals surface area contributed by atoms with Crippen molar-refractivity contribution in [3.63, 3.8) is 0 Å². The van der Waals surface area contributed by atoms with Gasteiger partial charge in [-0.25, -0.2) is 24.5 Å². The second-order valence-electron chi connectivity index (χ2n) is 6.67. The second kappa shape index (κ2) is 8.79. The van der Waals surface area contributed by atoms with Gasteiger partial charge < -0.3 is 4.40 Å². The summed E-state index contributed by atoms with van der Waals surface area (Å²) in [4.78, 5) is 17.4. The fraction of sp³-hybridized carbons (Fsp3) is 0.136. The molecule has 0 atom stereocenters. The first-order chi connectivity index (χ1) is 14.6. The maximum atomic E-state index is 4.28. The van der Waals surface area contributed by atoms with E-state index in [1.54, 1.807) is 11.8 Å². The van der Waals surface area contributed by atoms with Gasteiger partial charge in [-0.3, -0.25) is 0 Å². The fourth-order valence-corrected chi connectivity index (χ4v) is 3.61. The van der Waals surface area contributed by atoms with Crippen LogP contribution in [0.25, 0.3) is 21.5 Å². The molecule has 6 heterocycles. The van der Waals surface area contributed by atoms with Crippen molar-refractivity contribution >= 4 is 32.8 Å². The quantitative estimate of drug-likeness (QED) is 0.360. The molecule has 8 heteroatoms. The highest BCUT2D eigenvalue weighted by molar-refractivity contribution is 7.16. The average molecular weight is 416 g/mol. The standard InChI is InChI=1S/2C8H8N2.C6H5N3S/c1-7-6-10-5-3-2-4-8(10)9-7;1-7-6-9-10-5-3-2-4-8(7)10;1-4-5-6(8-2-7-4)10-3-9-5/h2*2-6H,1H3;2-3H,1H3. The SMILES string of the molecule is Cc1cn2ccccc2n1.Cc1cnn2ccccc12.Cc1ncnc2scnc12. The first kappa shape index (κ1) is 19.7. The van der Waals surface area contributed by atoms with Crippen LogP contribution in [0, 0.1) is 20.8 Å².